The highest BCUT2D eigenvalue weighted by molar-refractivity contribution is 9.10. The minimum Gasteiger partial charge on any atom is -0.369 e. The van der Waals surface area contributed by atoms with Crippen LogP contribution in [-0.4, -0.2) is 31.1 Å². The van der Waals surface area contributed by atoms with Crippen LogP contribution in [0.3, 0.4) is 0 Å². The molecule has 1 heterocycles. The molecule has 1 fully saturated rings. The number of hydrogen-bond donors (Lipinski definition) is 0. The molecule has 2 aromatic rings. The Morgan fingerprint density at radius 2 is 1.45 bits per heavy atom. The highest BCUT2D eigenvalue weighted by Crippen LogP contribution is 2.17. The molecule has 0 aliphatic carbocycles. The molecule has 1 aliphatic heterocycles. The second-order valence-corrected chi connectivity index (χ2v) is 6.14. The fraction of sp³-hybridized carbons (Fsp3) is 0.294. The quantitative estimate of drug-likeness (QED) is 0.845. The molecule has 2 nitrogen and oxygen atoms in total. The Labute approximate surface area is 129 Å². The fourth-order valence-electron chi connectivity index (χ4n) is 2.65. The van der Waals surface area contributed by atoms with Gasteiger partial charge in [0.05, 0.1) is 0 Å². The van der Waals surface area contributed by atoms with E-state index < -0.39 is 0 Å². The summed E-state index contributed by atoms with van der Waals surface area (Å²) >= 11 is 3.48. The van der Waals surface area contributed by atoms with Crippen molar-refractivity contribution in [3.63, 3.8) is 0 Å². The van der Waals surface area contributed by atoms with Crippen molar-refractivity contribution in [1.29, 1.82) is 0 Å². The van der Waals surface area contributed by atoms with E-state index in [9.17, 15) is 0 Å². The van der Waals surface area contributed by atoms with Gasteiger partial charge in [-0.2, -0.15) is 0 Å². The topological polar surface area (TPSA) is 6.48 Å². The summed E-state index contributed by atoms with van der Waals surface area (Å²) in [5.74, 6) is 0. The number of halogens is 1. The number of piperazine rings is 1. The molecule has 0 amide bonds. The van der Waals surface area contributed by atoms with Crippen LogP contribution in [0.15, 0.2) is 59.1 Å². The third kappa shape index (κ3) is 3.41. The molecule has 0 atom stereocenters. The summed E-state index contributed by atoms with van der Waals surface area (Å²) in [5, 5.41) is 0. The molecule has 0 aromatic heterocycles. The lowest BCUT2D eigenvalue weighted by Gasteiger charge is -2.36. The van der Waals surface area contributed by atoms with Gasteiger partial charge in [0.2, 0.25) is 0 Å². The Kier molecular flexibility index (Phi) is 4.38. The fourth-order valence-corrected chi connectivity index (χ4v) is 2.92. The predicted molar refractivity (Wildman–Crippen MR) is 88.1 cm³/mol. The second kappa shape index (κ2) is 6.42. The lowest BCUT2D eigenvalue weighted by Crippen LogP contribution is -2.45. The molecule has 0 unspecified atom stereocenters. The van der Waals surface area contributed by atoms with Gasteiger partial charge in [-0.3, -0.25) is 4.90 Å². The number of nitrogens with zero attached hydrogens (tertiary/aromatic N) is 2. The third-order valence-corrected chi connectivity index (χ3v) is 4.34. The number of anilines is 1. The summed E-state index contributed by atoms with van der Waals surface area (Å²) in [6.07, 6.45) is 0. The van der Waals surface area contributed by atoms with Gasteiger partial charge in [-0.05, 0) is 29.8 Å². The zero-order valence-corrected chi connectivity index (χ0v) is 13.1. The zero-order valence-electron chi connectivity index (χ0n) is 11.5. The SMILES string of the molecule is Brc1ccc(CN2CCN(c3ccccc3)CC2)cc1. The highest BCUT2D eigenvalue weighted by atomic mass is 79.9. The van der Waals surface area contributed by atoms with Gasteiger partial charge < -0.3 is 4.90 Å². The Morgan fingerprint density at radius 1 is 0.800 bits per heavy atom. The lowest BCUT2D eigenvalue weighted by molar-refractivity contribution is 0.250. The normalized spacial score (nSPS) is 16.4. The van der Waals surface area contributed by atoms with Crippen molar-refractivity contribution >= 4 is 21.6 Å². The smallest absolute Gasteiger partial charge is 0.0367 e. The minimum atomic E-state index is 1.05. The molecule has 0 spiro atoms. The van der Waals surface area contributed by atoms with E-state index in [1.807, 2.05) is 0 Å². The van der Waals surface area contributed by atoms with Gasteiger partial charge >= 0.3 is 0 Å². The average Bonchev–Trinajstić information content (AvgIpc) is 2.51. The van der Waals surface area contributed by atoms with E-state index in [0.29, 0.717) is 0 Å². The summed E-state index contributed by atoms with van der Waals surface area (Å²) in [6.45, 7) is 5.53. The maximum absolute atomic E-state index is 3.48. The molecule has 1 saturated heterocycles. The average molecular weight is 331 g/mol. The third-order valence-electron chi connectivity index (χ3n) is 3.81. The van der Waals surface area contributed by atoms with E-state index >= 15 is 0 Å². The van der Waals surface area contributed by atoms with Crippen LogP contribution in [0.1, 0.15) is 5.56 Å². The first kappa shape index (κ1) is 13.7. The second-order valence-electron chi connectivity index (χ2n) is 5.23. The molecule has 1 aliphatic rings. The Morgan fingerprint density at radius 3 is 2.10 bits per heavy atom. The predicted octanol–water partition coefficient (Wildman–Crippen LogP) is 3.77. The lowest BCUT2D eigenvalue weighted by atomic mass is 10.2. The van der Waals surface area contributed by atoms with Gasteiger partial charge in [0.1, 0.15) is 0 Å². The van der Waals surface area contributed by atoms with E-state index in [0.717, 1.165) is 37.2 Å². The summed E-state index contributed by atoms with van der Waals surface area (Å²) in [4.78, 5) is 5.00. The van der Waals surface area contributed by atoms with Crippen molar-refractivity contribution in [2.75, 3.05) is 31.1 Å². The van der Waals surface area contributed by atoms with Crippen molar-refractivity contribution in [3.05, 3.63) is 64.6 Å². The summed E-state index contributed by atoms with van der Waals surface area (Å²) in [7, 11) is 0. The maximum atomic E-state index is 3.48. The van der Waals surface area contributed by atoms with Crippen molar-refractivity contribution in [2.24, 2.45) is 0 Å². The van der Waals surface area contributed by atoms with Crippen LogP contribution < -0.4 is 4.90 Å². The molecular weight excluding hydrogens is 312 g/mol. The van der Waals surface area contributed by atoms with Crippen LogP contribution >= 0.6 is 15.9 Å². The van der Waals surface area contributed by atoms with Gasteiger partial charge in [0, 0.05) is 42.9 Å². The van der Waals surface area contributed by atoms with Crippen LogP contribution in [0.4, 0.5) is 5.69 Å². The Balaban J connectivity index is 1.55. The molecule has 0 N–H and O–H groups in total. The monoisotopic (exact) mass is 330 g/mol. The molecule has 104 valence electrons. The number of para-hydroxylation sites is 1. The molecule has 0 saturated carbocycles. The van der Waals surface area contributed by atoms with Crippen LogP contribution in [-0.2, 0) is 6.54 Å². The molecular formula is C17H19BrN2. The van der Waals surface area contributed by atoms with Crippen LogP contribution in [0, 0.1) is 0 Å². The first-order chi connectivity index (χ1) is 9.81. The first-order valence-corrected chi connectivity index (χ1v) is 7.87. The van der Waals surface area contributed by atoms with Crippen LogP contribution in [0.2, 0.25) is 0 Å². The van der Waals surface area contributed by atoms with Crippen LogP contribution in [0.25, 0.3) is 0 Å². The minimum absolute atomic E-state index is 1.05. The van der Waals surface area contributed by atoms with E-state index in [1.54, 1.807) is 0 Å². The van der Waals surface area contributed by atoms with Crippen molar-refractivity contribution < 1.29 is 0 Å². The summed E-state index contributed by atoms with van der Waals surface area (Å²) < 4.78 is 1.15. The largest absolute Gasteiger partial charge is 0.369 e. The molecule has 2 aromatic carbocycles. The van der Waals surface area contributed by atoms with Gasteiger partial charge in [0.15, 0.2) is 0 Å². The van der Waals surface area contributed by atoms with Crippen molar-refractivity contribution in [1.82, 2.24) is 4.90 Å². The number of hydrogen-bond acceptors (Lipinski definition) is 2. The highest BCUT2D eigenvalue weighted by Gasteiger charge is 2.16. The molecule has 0 radical (unpaired) electrons. The van der Waals surface area contributed by atoms with E-state index in [4.69, 9.17) is 0 Å². The van der Waals surface area contributed by atoms with Crippen molar-refractivity contribution in [3.8, 4) is 0 Å². The molecule has 3 rings (SSSR count). The van der Waals surface area contributed by atoms with E-state index in [-0.39, 0.29) is 0 Å². The van der Waals surface area contributed by atoms with Gasteiger partial charge in [-0.25, -0.2) is 0 Å². The van der Waals surface area contributed by atoms with E-state index in [1.165, 1.54) is 11.3 Å². The van der Waals surface area contributed by atoms with Crippen molar-refractivity contribution in [2.45, 2.75) is 6.54 Å². The zero-order chi connectivity index (χ0) is 13.8. The maximum Gasteiger partial charge on any atom is 0.0367 e. The van der Waals surface area contributed by atoms with Gasteiger partial charge in [-0.1, -0.05) is 46.3 Å². The molecule has 0 bridgehead atoms. The summed E-state index contributed by atoms with van der Waals surface area (Å²) in [5.41, 5.74) is 2.73. The number of benzene rings is 2. The first-order valence-electron chi connectivity index (χ1n) is 7.08. The standard InChI is InChI=1S/C17H19BrN2/c18-16-8-6-15(7-9-16)14-19-10-12-20(13-11-19)17-4-2-1-3-5-17/h1-9H,10-14H2. The molecule has 3 heteroatoms. The van der Waals surface area contributed by atoms with E-state index in [2.05, 4.69) is 80.3 Å². The van der Waals surface area contributed by atoms with Gasteiger partial charge in [0.25, 0.3) is 0 Å². The Bertz CT molecular complexity index is 531. The Hall–Kier alpha value is -1.32. The summed E-state index contributed by atoms with van der Waals surface area (Å²) in [6, 6.07) is 19.3. The van der Waals surface area contributed by atoms with Crippen LogP contribution in [0.5, 0.6) is 0 Å². The number of rotatable bonds is 3. The van der Waals surface area contributed by atoms with Gasteiger partial charge in [-0.15, -0.1) is 0 Å². The molecule has 20 heavy (non-hydrogen) atoms.